The minimum atomic E-state index is -2.41. The molecule has 0 atom stereocenters. The highest BCUT2D eigenvalue weighted by Gasteiger charge is 2.48. The van der Waals surface area contributed by atoms with Gasteiger partial charge in [0.05, 0.1) is 0 Å². The van der Waals surface area contributed by atoms with E-state index in [1.165, 1.54) is 54.6 Å². The Kier molecular flexibility index (Phi) is 8.02. The smallest absolute Gasteiger partial charge is 0.144 e. The molecule has 0 bridgehead atoms. The third-order valence-corrected chi connectivity index (χ3v) is 13.1. The number of aryl methyl sites for hydroxylation is 6. The van der Waals surface area contributed by atoms with Gasteiger partial charge >= 0.3 is 0 Å². The molecule has 0 heterocycles. The summed E-state index contributed by atoms with van der Waals surface area (Å²) in [5, 5.41) is 17.4. The molecule has 2 heteroatoms. The maximum Gasteiger partial charge on any atom is 0.144 e. The third-order valence-electron chi connectivity index (χ3n) is 8.81. The maximum absolute atomic E-state index is 12.3. The van der Waals surface area contributed by atoms with Gasteiger partial charge in [-0.25, -0.2) is 0 Å². The topological polar surface area (TPSA) is 20.2 Å². The first-order valence-electron chi connectivity index (χ1n) is 15.3. The first-order valence-corrected chi connectivity index (χ1v) is 17.1. The molecular weight excluding hydrogens is 551 g/mol. The van der Waals surface area contributed by atoms with E-state index in [2.05, 4.69) is 169 Å². The van der Waals surface area contributed by atoms with Gasteiger partial charge in [-0.15, -0.1) is 0 Å². The molecule has 0 unspecified atom stereocenters. The van der Waals surface area contributed by atoms with Crippen molar-refractivity contribution in [2.24, 2.45) is 0 Å². The lowest BCUT2D eigenvalue weighted by Gasteiger charge is -2.29. The fraction of sp³-hybridized carbons (Fsp3) is 0.143. The van der Waals surface area contributed by atoms with Crippen molar-refractivity contribution in [1.82, 2.24) is 0 Å². The lowest BCUT2D eigenvalue weighted by atomic mass is 9.88. The Labute approximate surface area is 263 Å². The molecule has 6 aromatic carbocycles. The van der Waals surface area contributed by atoms with Gasteiger partial charge in [-0.2, -0.15) is 0 Å². The summed E-state index contributed by atoms with van der Waals surface area (Å²) in [5.41, 5.74) is 11.1. The Bertz CT molecular complexity index is 1740. The monoisotopic (exact) mass is 591 g/mol. The molecule has 0 fully saturated rings. The number of aromatic hydroxyl groups is 1. The van der Waals surface area contributed by atoms with Gasteiger partial charge < -0.3 is 5.11 Å². The van der Waals surface area contributed by atoms with Crippen LogP contribution in [-0.4, -0.2) is 5.11 Å². The summed E-state index contributed by atoms with van der Waals surface area (Å²) in [4.78, 5) is 0. The van der Waals surface area contributed by atoms with Gasteiger partial charge in [0.15, 0.2) is 0 Å². The normalized spacial score (nSPS) is 11.5. The Hall–Kier alpha value is -4.45. The van der Waals surface area contributed by atoms with Crippen LogP contribution in [0, 0.1) is 41.5 Å². The molecule has 6 aromatic rings. The molecule has 1 N–H and O–H groups in total. The first-order chi connectivity index (χ1) is 21.2. The molecule has 0 aliphatic rings. The van der Waals surface area contributed by atoms with Crippen LogP contribution in [0.4, 0.5) is 0 Å². The van der Waals surface area contributed by atoms with Crippen molar-refractivity contribution in [1.29, 1.82) is 0 Å². The molecule has 1 nitrogen and oxygen atoms in total. The van der Waals surface area contributed by atoms with Gasteiger partial charge in [-0.3, -0.25) is 0 Å². The highest BCUT2D eigenvalue weighted by atomic mass is 31.2. The molecule has 0 aromatic heterocycles. The van der Waals surface area contributed by atoms with Crippen LogP contribution in [0.25, 0.3) is 22.3 Å². The summed E-state index contributed by atoms with van der Waals surface area (Å²) in [6, 6.07) is 46.4. The lowest BCUT2D eigenvalue weighted by molar-refractivity contribution is 0.479. The van der Waals surface area contributed by atoms with Gasteiger partial charge in [0.2, 0.25) is 0 Å². The van der Waals surface area contributed by atoms with E-state index >= 15 is 0 Å². The Morgan fingerprint density at radius 1 is 0.386 bits per heavy atom. The summed E-state index contributed by atoms with van der Waals surface area (Å²) in [6.07, 6.45) is 0. The summed E-state index contributed by atoms with van der Waals surface area (Å²) in [5.74, 6) is 0.339. The van der Waals surface area contributed by atoms with Crippen molar-refractivity contribution >= 4 is 28.5 Å². The van der Waals surface area contributed by atoms with Gasteiger partial charge in [-0.1, -0.05) is 90.0 Å². The Morgan fingerprint density at radius 3 is 0.977 bits per heavy atom. The predicted molar refractivity (Wildman–Crippen MR) is 192 cm³/mol. The molecule has 0 saturated heterocycles. The standard InChI is InChI=1S/C42H39OP/c1-28-22-30(3)40(31(4)23-28)38-26-37(27-39(42(38)43)41-32(5)24-29(2)25-33(41)6)44(34-16-10-7-11-17-34,35-18-12-8-13-19-35)36-20-14-9-15-21-36/h7-27H,1-6H3/p+1. The van der Waals surface area contributed by atoms with Crippen molar-refractivity contribution in [3.63, 3.8) is 0 Å². The fourth-order valence-electron chi connectivity index (χ4n) is 7.25. The van der Waals surface area contributed by atoms with Gasteiger partial charge in [-0.05, 0) is 123 Å². The molecule has 0 amide bonds. The van der Waals surface area contributed by atoms with Crippen molar-refractivity contribution in [3.05, 3.63) is 161 Å². The first kappa shape index (κ1) is 29.6. The molecule has 6 rings (SSSR count). The lowest BCUT2D eigenvalue weighted by Crippen LogP contribution is -2.38. The largest absolute Gasteiger partial charge is 0.507 e. The van der Waals surface area contributed by atoms with E-state index in [0.717, 1.165) is 22.3 Å². The van der Waals surface area contributed by atoms with E-state index in [1.54, 1.807) is 0 Å². The van der Waals surface area contributed by atoms with Crippen LogP contribution in [0.2, 0.25) is 0 Å². The summed E-state index contributed by atoms with van der Waals surface area (Å²) >= 11 is 0. The number of rotatable bonds is 6. The molecule has 0 radical (unpaired) electrons. The molecule has 0 saturated carbocycles. The zero-order chi connectivity index (χ0) is 31.0. The average molecular weight is 592 g/mol. The zero-order valence-electron chi connectivity index (χ0n) is 26.5. The van der Waals surface area contributed by atoms with Crippen LogP contribution in [-0.2, 0) is 0 Å². The average Bonchev–Trinajstić information content (AvgIpc) is 3.00. The quantitative estimate of drug-likeness (QED) is 0.192. The highest BCUT2D eigenvalue weighted by molar-refractivity contribution is 8.01. The molecule has 0 aliphatic heterocycles. The van der Waals surface area contributed by atoms with E-state index in [1.807, 2.05) is 0 Å². The Balaban J connectivity index is 1.84. The van der Waals surface area contributed by atoms with Gasteiger partial charge in [0, 0.05) is 11.1 Å². The fourth-order valence-corrected chi connectivity index (χ4v) is 11.5. The molecule has 44 heavy (non-hydrogen) atoms. The molecule has 0 aliphatic carbocycles. The molecule has 0 spiro atoms. The third kappa shape index (κ3) is 5.06. The number of hydrogen-bond donors (Lipinski definition) is 1. The second-order valence-electron chi connectivity index (χ2n) is 12.1. The number of hydrogen-bond acceptors (Lipinski definition) is 1. The van der Waals surface area contributed by atoms with E-state index in [9.17, 15) is 5.11 Å². The summed E-state index contributed by atoms with van der Waals surface area (Å²) < 4.78 is 0. The van der Waals surface area contributed by atoms with Crippen molar-refractivity contribution in [2.45, 2.75) is 41.5 Å². The summed E-state index contributed by atoms with van der Waals surface area (Å²) in [7, 11) is -2.41. The number of phenolic OH excluding ortho intramolecular Hbond substituents is 1. The minimum Gasteiger partial charge on any atom is -0.507 e. The van der Waals surface area contributed by atoms with Crippen LogP contribution < -0.4 is 21.2 Å². The van der Waals surface area contributed by atoms with Crippen molar-refractivity contribution in [3.8, 4) is 28.0 Å². The van der Waals surface area contributed by atoms with Crippen LogP contribution in [0.1, 0.15) is 33.4 Å². The highest BCUT2D eigenvalue weighted by Crippen LogP contribution is 2.56. The van der Waals surface area contributed by atoms with E-state index in [-0.39, 0.29) is 0 Å². The number of phenols is 1. The van der Waals surface area contributed by atoms with Gasteiger partial charge in [0.25, 0.3) is 0 Å². The summed E-state index contributed by atoms with van der Waals surface area (Å²) in [6.45, 7) is 12.9. The second kappa shape index (κ2) is 11.9. The SMILES string of the molecule is Cc1cc(C)c(-c2cc([P+](c3ccccc3)(c3ccccc3)c3ccccc3)cc(-c3c(C)cc(C)cc3C)c2O)c(C)c1. The maximum atomic E-state index is 12.3. The van der Waals surface area contributed by atoms with Crippen LogP contribution in [0.15, 0.2) is 127 Å². The van der Waals surface area contributed by atoms with E-state index in [0.29, 0.717) is 5.75 Å². The predicted octanol–water partition coefficient (Wildman–Crippen LogP) is 9.20. The van der Waals surface area contributed by atoms with E-state index < -0.39 is 7.26 Å². The second-order valence-corrected chi connectivity index (χ2v) is 15.5. The van der Waals surface area contributed by atoms with Crippen LogP contribution in [0.3, 0.4) is 0 Å². The van der Waals surface area contributed by atoms with Crippen LogP contribution in [0.5, 0.6) is 5.75 Å². The minimum absolute atomic E-state index is 0.339. The van der Waals surface area contributed by atoms with Gasteiger partial charge in [0.1, 0.15) is 34.2 Å². The van der Waals surface area contributed by atoms with Crippen molar-refractivity contribution in [2.75, 3.05) is 0 Å². The number of benzene rings is 6. The van der Waals surface area contributed by atoms with Crippen molar-refractivity contribution < 1.29 is 5.11 Å². The Morgan fingerprint density at radius 2 is 0.682 bits per heavy atom. The van der Waals surface area contributed by atoms with Crippen LogP contribution >= 0.6 is 7.26 Å². The zero-order valence-corrected chi connectivity index (χ0v) is 27.4. The molecule has 218 valence electrons. The van der Waals surface area contributed by atoms with E-state index in [4.69, 9.17) is 0 Å². The molecular formula is C42H40OP+.